The quantitative estimate of drug-likeness (QED) is 0.920. The zero-order valence-corrected chi connectivity index (χ0v) is 14.8. The maximum absolute atomic E-state index is 12.4. The Morgan fingerprint density at radius 2 is 1.88 bits per heavy atom. The number of rotatable bonds is 4. The molecule has 5 heteroatoms. The van der Waals surface area contributed by atoms with Crippen molar-refractivity contribution < 1.29 is 14.3 Å². The Balaban J connectivity index is 1.40. The van der Waals surface area contributed by atoms with Crippen LogP contribution in [0.2, 0.25) is 0 Å². The van der Waals surface area contributed by atoms with Crippen LogP contribution in [-0.2, 0) is 20.9 Å². The number of ether oxygens (including phenoxy) is 1. The molecule has 0 aromatic heterocycles. The van der Waals surface area contributed by atoms with Crippen molar-refractivity contribution in [1.29, 1.82) is 0 Å². The predicted octanol–water partition coefficient (Wildman–Crippen LogP) is 2.48. The third kappa shape index (κ3) is 3.58. The molecule has 1 atom stereocenters. The molecule has 2 fully saturated rings. The highest BCUT2D eigenvalue weighted by atomic mass is 16.5. The third-order valence-corrected chi connectivity index (χ3v) is 5.39. The van der Waals surface area contributed by atoms with E-state index < -0.39 is 0 Å². The number of likely N-dealkylation sites (tertiary alicyclic amines) is 1. The monoisotopic (exact) mass is 352 g/mol. The molecular weight excluding hydrogens is 328 g/mol. The molecule has 2 saturated heterocycles. The fourth-order valence-corrected chi connectivity index (χ4v) is 3.94. The molecule has 0 saturated carbocycles. The van der Waals surface area contributed by atoms with Gasteiger partial charge >= 0.3 is 0 Å². The Kier molecular flexibility index (Phi) is 4.89. The minimum atomic E-state index is -0.0900. The largest absolute Gasteiger partial charge is 0.381 e. The van der Waals surface area contributed by atoms with Crippen LogP contribution in [-0.4, -0.2) is 42.5 Å². The SMILES string of the molecule is O=C(N[C@H]1CC(=O)N(Cc2cccc3ccccc23)C1)C1CCOCC1. The van der Waals surface area contributed by atoms with E-state index in [4.69, 9.17) is 4.74 Å². The molecule has 0 aliphatic carbocycles. The molecule has 5 nitrogen and oxygen atoms in total. The summed E-state index contributed by atoms with van der Waals surface area (Å²) < 4.78 is 5.31. The highest BCUT2D eigenvalue weighted by Crippen LogP contribution is 2.23. The summed E-state index contributed by atoms with van der Waals surface area (Å²) in [6.07, 6.45) is 1.93. The van der Waals surface area contributed by atoms with E-state index in [0.717, 1.165) is 18.4 Å². The van der Waals surface area contributed by atoms with Gasteiger partial charge in [-0.05, 0) is 29.2 Å². The lowest BCUT2D eigenvalue weighted by Gasteiger charge is -2.23. The lowest BCUT2D eigenvalue weighted by Crippen LogP contribution is -2.42. The number of fused-ring (bicyclic) bond motifs is 1. The lowest BCUT2D eigenvalue weighted by molar-refractivity contribution is -0.128. The van der Waals surface area contributed by atoms with E-state index in [9.17, 15) is 9.59 Å². The van der Waals surface area contributed by atoms with E-state index in [-0.39, 0.29) is 23.8 Å². The van der Waals surface area contributed by atoms with Crippen LogP contribution in [0.25, 0.3) is 10.8 Å². The maximum Gasteiger partial charge on any atom is 0.225 e. The zero-order chi connectivity index (χ0) is 17.9. The molecule has 0 radical (unpaired) electrons. The first-order valence-corrected chi connectivity index (χ1v) is 9.33. The average molecular weight is 352 g/mol. The summed E-state index contributed by atoms with van der Waals surface area (Å²) in [7, 11) is 0. The predicted molar refractivity (Wildman–Crippen MR) is 99.5 cm³/mol. The molecule has 2 heterocycles. The summed E-state index contributed by atoms with van der Waals surface area (Å²) in [6.45, 7) is 2.46. The Hall–Kier alpha value is -2.40. The van der Waals surface area contributed by atoms with E-state index >= 15 is 0 Å². The summed E-state index contributed by atoms with van der Waals surface area (Å²) in [6, 6.07) is 14.3. The molecule has 2 amide bonds. The Morgan fingerprint density at radius 3 is 2.73 bits per heavy atom. The highest BCUT2D eigenvalue weighted by molar-refractivity contribution is 5.87. The van der Waals surface area contributed by atoms with Crippen LogP contribution >= 0.6 is 0 Å². The van der Waals surface area contributed by atoms with Crippen LogP contribution in [0.5, 0.6) is 0 Å². The van der Waals surface area contributed by atoms with Crippen molar-refractivity contribution in [3.63, 3.8) is 0 Å². The van der Waals surface area contributed by atoms with Crippen molar-refractivity contribution in [3.05, 3.63) is 48.0 Å². The first-order chi connectivity index (χ1) is 12.7. The Labute approximate surface area is 153 Å². The van der Waals surface area contributed by atoms with Gasteiger partial charge in [-0.2, -0.15) is 0 Å². The molecule has 2 aromatic rings. The molecule has 136 valence electrons. The van der Waals surface area contributed by atoms with Crippen molar-refractivity contribution in [2.75, 3.05) is 19.8 Å². The van der Waals surface area contributed by atoms with Crippen LogP contribution in [0.3, 0.4) is 0 Å². The maximum atomic E-state index is 12.4. The molecule has 0 bridgehead atoms. The van der Waals surface area contributed by atoms with Crippen LogP contribution in [0.15, 0.2) is 42.5 Å². The van der Waals surface area contributed by atoms with Gasteiger partial charge < -0.3 is 15.0 Å². The van der Waals surface area contributed by atoms with Gasteiger partial charge in [0, 0.05) is 38.6 Å². The molecule has 0 spiro atoms. The summed E-state index contributed by atoms with van der Waals surface area (Å²) in [5.74, 6) is 0.194. The van der Waals surface area contributed by atoms with Gasteiger partial charge in [-0.15, -0.1) is 0 Å². The van der Waals surface area contributed by atoms with E-state index in [0.29, 0.717) is 32.7 Å². The topological polar surface area (TPSA) is 58.6 Å². The summed E-state index contributed by atoms with van der Waals surface area (Å²) in [5.41, 5.74) is 1.15. The first kappa shape index (κ1) is 17.0. The number of carbonyl (C=O) groups excluding carboxylic acids is 2. The number of carbonyl (C=O) groups is 2. The third-order valence-electron chi connectivity index (χ3n) is 5.39. The fraction of sp³-hybridized carbons (Fsp3) is 0.429. The molecule has 0 unspecified atom stereocenters. The first-order valence-electron chi connectivity index (χ1n) is 9.33. The molecule has 1 N–H and O–H groups in total. The zero-order valence-electron chi connectivity index (χ0n) is 14.8. The van der Waals surface area contributed by atoms with Crippen LogP contribution in [0.4, 0.5) is 0 Å². The number of nitrogens with one attached hydrogen (secondary N) is 1. The number of nitrogens with zero attached hydrogens (tertiary/aromatic N) is 1. The minimum absolute atomic E-state index is 0.0194. The van der Waals surface area contributed by atoms with Crippen LogP contribution in [0.1, 0.15) is 24.8 Å². The highest BCUT2D eigenvalue weighted by Gasteiger charge is 2.32. The van der Waals surface area contributed by atoms with Gasteiger partial charge in [-0.1, -0.05) is 42.5 Å². The van der Waals surface area contributed by atoms with Gasteiger partial charge in [-0.3, -0.25) is 9.59 Å². The average Bonchev–Trinajstić information content (AvgIpc) is 3.01. The molecular formula is C21H24N2O3. The minimum Gasteiger partial charge on any atom is -0.381 e. The smallest absolute Gasteiger partial charge is 0.225 e. The molecule has 2 aliphatic rings. The fourth-order valence-electron chi connectivity index (χ4n) is 3.94. The summed E-state index contributed by atoms with van der Waals surface area (Å²) in [5, 5.41) is 5.43. The molecule has 2 aliphatic heterocycles. The normalized spacial score (nSPS) is 21.3. The van der Waals surface area contributed by atoms with Crippen LogP contribution < -0.4 is 5.32 Å². The van der Waals surface area contributed by atoms with E-state index in [1.807, 2.05) is 23.1 Å². The van der Waals surface area contributed by atoms with E-state index in [2.05, 4.69) is 29.6 Å². The van der Waals surface area contributed by atoms with Gasteiger partial charge in [0.2, 0.25) is 11.8 Å². The summed E-state index contributed by atoms with van der Waals surface area (Å²) in [4.78, 5) is 26.7. The van der Waals surface area contributed by atoms with Gasteiger partial charge in [0.1, 0.15) is 0 Å². The summed E-state index contributed by atoms with van der Waals surface area (Å²) >= 11 is 0. The number of hydrogen-bond acceptors (Lipinski definition) is 3. The van der Waals surface area contributed by atoms with Crippen LogP contribution in [0, 0.1) is 5.92 Å². The van der Waals surface area contributed by atoms with E-state index in [1.165, 1.54) is 10.8 Å². The second kappa shape index (κ2) is 7.46. The van der Waals surface area contributed by atoms with Crippen molar-refractivity contribution in [3.8, 4) is 0 Å². The lowest BCUT2D eigenvalue weighted by atomic mass is 9.99. The second-order valence-electron chi connectivity index (χ2n) is 7.21. The standard InChI is InChI=1S/C21H24N2O3/c24-20-12-18(22-21(25)16-8-10-26-11-9-16)14-23(20)13-17-6-3-5-15-4-1-2-7-19(15)17/h1-7,16,18H,8-14H2,(H,22,25)/t18-/m0/s1. The van der Waals surface area contributed by atoms with Gasteiger partial charge in [0.15, 0.2) is 0 Å². The van der Waals surface area contributed by atoms with Gasteiger partial charge in [-0.25, -0.2) is 0 Å². The van der Waals surface area contributed by atoms with E-state index in [1.54, 1.807) is 0 Å². The Morgan fingerprint density at radius 1 is 1.12 bits per heavy atom. The van der Waals surface area contributed by atoms with Crippen molar-refractivity contribution in [2.45, 2.75) is 31.8 Å². The Bertz CT molecular complexity index is 809. The molecule has 26 heavy (non-hydrogen) atoms. The molecule has 2 aromatic carbocycles. The van der Waals surface area contributed by atoms with Gasteiger partial charge in [0.25, 0.3) is 0 Å². The second-order valence-corrected chi connectivity index (χ2v) is 7.21. The van der Waals surface area contributed by atoms with Gasteiger partial charge in [0.05, 0.1) is 6.04 Å². The number of hydrogen-bond donors (Lipinski definition) is 1. The van der Waals surface area contributed by atoms with Crippen molar-refractivity contribution in [2.24, 2.45) is 5.92 Å². The van der Waals surface area contributed by atoms with Crippen molar-refractivity contribution in [1.82, 2.24) is 10.2 Å². The van der Waals surface area contributed by atoms with Crippen molar-refractivity contribution >= 4 is 22.6 Å². The number of amides is 2. The molecule has 4 rings (SSSR count). The number of benzene rings is 2.